The van der Waals surface area contributed by atoms with Crippen LogP contribution in [0.5, 0.6) is 0 Å². The molecular weight excluding hydrogens is 268 g/mol. The number of anilines is 1. The molecule has 1 heterocycles. The summed E-state index contributed by atoms with van der Waals surface area (Å²) in [5.74, 6) is -0.977. The molecule has 1 saturated heterocycles. The van der Waals surface area contributed by atoms with Crippen LogP contribution in [0.1, 0.15) is 43.6 Å². The lowest BCUT2D eigenvalue weighted by Crippen LogP contribution is -2.56. The Bertz CT molecular complexity index is 536. The molecular formula is C16H24N2O3. The van der Waals surface area contributed by atoms with Crippen LogP contribution in [0, 0.1) is 0 Å². The first-order valence-electron chi connectivity index (χ1n) is 7.13. The molecule has 116 valence electrons. The SMILES string of the molecule is CC1(C)CN(Cc2cccc(N)c2C(=O)O)CC(C)(C)O1. The van der Waals surface area contributed by atoms with Crippen LogP contribution >= 0.6 is 0 Å². The van der Waals surface area contributed by atoms with E-state index >= 15 is 0 Å². The molecule has 1 aromatic rings. The number of morpholine rings is 1. The quantitative estimate of drug-likeness (QED) is 0.836. The number of hydrogen-bond donors (Lipinski definition) is 2. The van der Waals surface area contributed by atoms with Crippen molar-refractivity contribution < 1.29 is 14.6 Å². The van der Waals surface area contributed by atoms with Gasteiger partial charge in [0.1, 0.15) is 0 Å². The number of aromatic carboxylic acids is 1. The first kappa shape index (κ1) is 15.8. The predicted octanol–water partition coefficient (Wildman–Crippen LogP) is 2.36. The van der Waals surface area contributed by atoms with Gasteiger partial charge in [-0.05, 0) is 39.3 Å². The fraction of sp³-hybridized carbons (Fsp3) is 0.562. The van der Waals surface area contributed by atoms with Gasteiger partial charge < -0.3 is 15.6 Å². The summed E-state index contributed by atoms with van der Waals surface area (Å²) < 4.78 is 6.05. The van der Waals surface area contributed by atoms with Crippen molar-refractivity contribution >= 4 is 11.7 Å². The summed E-state index contributed by atoms with van der Waals surface area (Å²) in [5, 5.41) is 9.36. The first-order chi connectivity index (χ1) is 9.60. The average molecular weight is 292 g/mol. The Kier molecular flexibility index (Phi) is 4.00. The van der Waals surface area contributed by atoms with Gasteiger partial charge >= 0.3 is 5.97 Å². The average Bonchev–Trinajstić information content (AvgIpc) is 2.23. The Morgan fingerprint density at radius 2 is 1.86 bits per heavy atom. The van der Waals surface area contributed by atoms with E-state index in [1.54, 1.807) is 12.1 Å². The topological polar surface area (TPSA) is 75.8 Å². The Balaban J connectivity index is 2.26. The van der Waals surface area contributed by atoms with Gasteiger partial charge in [0.25, 0.3) is 0 Å². The largest absolute Gasteiger partial charge is 0.478 e. The smallest absolute Gasteiger partial charge is 0.338 e. The number of rotatable bonds is 3. The van der Waals surface area contributed by atoms with E-state index in [1.807, 2.05) is 6.07 Å². The van der Waals surface area contributed by atoms with Gasteiger partial charge in [0.15, 0.2) is 0 Å². The molecule has 2 rings (SSSR count). The number of ether oxygens (including phenoxy) is 1. The molecule has 0 unspecified atom stereocenters. The summed E-state index contributed by atoms with van der Waals surface area (Å²) in [7, 11) is 0. The maximum absolute atomic E-state index is 11.4. The van der Waals surface area contributed by atoms with Gasteiger partial charge in [-0.25, -0.2) is 4.79 Å². The monoisotopic (exact) mass is 292 g/mol. The molecule has 0 spiro atoms. The number of nitrogens with two attached hydrogens (primary N) is 1. The van der Waals surface area contributed by atoms with E-state index in [4.69, 9.17) is 10.5 Å². The molecule has 3 N–H and O–H groups in total. The van der Waals surface area contributed by atoms with E-state index in [-0.39, 0.29) is 16.8 Å². The number of carboxylic acids is 1. The number of carbonyl (C=O) groups is 1. The summed E-state index contributed by atoms with van der Waals surface area (Å²) in [4.78, 5) is 13.6. The van der Waals surface area contributed by atoms with Gasteiger partial charge in [0.05, 0.1) is 16.8 Å². The van der Waals surface area contributed by atoms with Gasteiger partial charge in [0.2, 0.25) is 0 Å². The van der Waals surface area contributed by atoms with Crippen LogP contribution in [0.4, 0.5) is 5.69 Å². The van der Waals surface area contributed by atoms with Crippen LogP contribution in [-0.2, 0) is 11.3 Å². The summed E-state index contributed by atoms with van der Waals surface area (Å²) >= 11 is 0. The van der Waals surface area contributed by atoms with Crippen LogP contribution in [-0.4, -0.2) is 40.3 Å². The van der Waals surface area contributed by atoms with Crippen LogP contribution in [0.2, 0.25) is 0 Å². The van der Waals surface area contributed by atoms with Crippen molar-refractivity contribution in [3.8, 4) is 0 Å². The van der Waals surface area contributed by atoms with Crippen molar-refractivity contribution in [3.05, 3.63) is 29.3 Å². The summed E-state index contributed by atoms with van der Waals surface area (Å²) in [6.07, 6.45) is 0. The summed E-state index contributed by atoms with van der Waals surface area (Å²) in [6, 6.07) is 5.25. The second-order valence-corrected chi connectivity index (χ2v) is 6.95. The molecule has 0 saturated carbocycles. The minimum Gasteiger partial charge on any atom is -0.478 e. The van der Waals surface area contributed by atoms with Gasteiger partial charge in [-0.1, -0.05) is 12.1 Å². The minimum absolute atomic E-state index is 0.208. The van der Waals surface area contributed by atoms with E-state index < -0.39 is 5.97 Å². The highest BCUT2D eigenvalue weighted by molar-refractivity contribution is 5.95. The van der Waals surface area contributed by atoms with Crippen molar-refractivity contribution in [2.45, 2.75) is 45.4 Å². The van der Waals surface area contributed by atoms with E-state index in [0.717, 1.165) is 18.7 Å². The summed E-state index contributed by atoms with van der Waals surface area (Å²) in [5.41, 5.74) is 6.56. The van der Waals surface area contributed by atoms with Crippen molar-refractivity contribution in [2.75, 3.05) is 18.8 Å². The third-order valence-corrected chi connectivity index (χ3v) is 3.55. The van der Waals surface area contributed by atoms with Gasteiger partial charge in [0, 0.05) is 25.3 Å². The molecule has 0 atom stereocenters. The lowest BCUT2D eigenvalue weighted by Gasteiger charge is -2.47. The van der Waals surface area contributed by atoms with Crippen LogP contribution in [0.3, 0.4) is 0 Å². The van der Waals surface area contributed by atoms with Crippen molar-refractivity contribution in [2.24, 2.45) is 0 Å². The second kappa shape index (κ2) is 5.31. The highest BCUT2D eigenvalue weighted by Gasteiger charge is 2.38. The minimum atomic E-state index is -0.977. The van der Waals surface area contributed by atoms with Gasteiger partial charge in [-0.2, -0.15) is 0 Å². The zero-order valence-electron chi connectivity index (χ0n) is 13.1. The lowest BCUT2D eigenvalue weighted by atomic mass is 9.97. The Hall–Kier alpha value is -1.59. The maximum Gasteiger partial charge on any atom is 0.338 e. The number of benzene rings is 1. The molecule has 5 nitrogen and oxygen atoms in total. The maximum atomic E-state index is 11.4. The molecule has 0 bridgehead atoms. The molecule has 1 aliphatic rings. The predicted molar refractivity (Wildman–Crippen MR) is 82.3 cm³/mol. The zero-order chi connectivity index (χ0) is 15.8. The molecule has 1 aliphatic heterocycles. The lowest BCUT2D eigenvalue weighted by molar-refractivity contribution is -0.182. The normalized spacial score (nSPS) is 21.1. The highest BCUT2D eigenvalue weighted by Crippen LogP contribution is 2.30. The first-order valence-corrected chi connectivity index (χ1v) is 7.13. The van der Waals surface area contributed by atoms with Gasteiger partial charge in [-0.3, -0.25) is 4.90 Å². The van der Waals surface area contributed by atoms with E-state index in [2.05, 4.69) is 32.6 Å². The third kappa shape index (κ3) is 3.74. The molecule has 0 amide bonds. The Labute approximate surface area is 125 Å². The molecule has 21 heavy (non-hydrogen) atoms. The molecule has 0 radical (unpaired) electrons. The van der Waals surface area contributed by atoms with E-state index in [1.165, 1.54) is 0 Å². The number of nitrogens with zero attached hydrogens (tertiary/aromatic N) is 1. The Morgan fingerprint density at radius 3 is 2.38 bits per heavy atom. The zero-order valence-corrected chi connectivity index (χ0v) is 13.1. The van der Waals surface area contributed by atoms with Crippen LogP contribution in [0.15, 0.2) is 18.2 Å². The van der Waals surface area contributed by atoms with Crippen LogP contribution in [0.25, 0.3) is 0 Å². The fourth-order valence-corrected chi connectivity index (χ4v) is 3.31. The Morgan fingerprint density at radius 1 is 1.29 bits per heavy atom. The van der Waals surface area contributed by atoms with E-state index in [9.17, 15) is 9.90 Å². The number of nitrogen functional groups attached to an aromatic ring is 1. The standard InChI is InChI=1S/C16H24N2O3/c1-15(2)9-18(10-16(3,4)21-15)8-11-6-5-7-12(17)13(11)14(19)20/h5-7H,8-10,17H2,1-4H3,(H,19,20). The number of carboxylic acid groups (broad SMARTS) is 1. The molecule has 5 heteroatoms. The molecule has 0 aliphatic carbocycles. The van der Waals surface area contributed by atoms with Crippen molar-refractivity contribution in [3.63, 3.8) is 0 Å². The van der Waals surface area contributed by atoms with Crippen LogP contribution < -0.4 is 5.73 Å². The number of hydrogen-bond acceptors (Lipinski definition) is 4. The van der Waals surface area contributed by atoms with Crippen molar-refractivity contribution in [1.29, 1.82) is 0 Å². The molecule has 1 aromatic carbocycles. The molecule has 0 aromatic heterocycles. The fourth-order valence-electron chi connectivity index (χ4n) is 3.31. The highest BCUT2D eigenvalue weighted by atomic mass is 16.5. The van der Waals surface area contributed by atoms with Crippen molar-refractivity contribution in [1.82, 2.24) is 4.90 Å². The third-order valence-electron chi connectivity index (χ3n) is 3.55. The van der Waals surface area contributed by atoms with Gasteiger partial charge in [-0.15, -0.1) is 0 Å². The summed E-state index contributed by atoms with van der Waals surface area (Å²) in [6.45, 7) is 10.3. The second-order valence-electron chi connectivity index (χ2n) is 6.95. The molecule has 1 fully saturated rings. The van der Waals surface area contributed by atoms with E-state index in [0.29, 0.717) is 12.2 Å².